The van der Waals surface area contributed by atoms with Crippen molar-refractivity contribution in [2.75, 3.05) is 32.5 Å². The first kappa shape index (κ1) is 12.3. The minimum absolute atomic E-state index is 0.804. The molecule has 0 atom stereocenters. The van der Waals surface area contributed by atoms with Crippen molar-refractivity contribution in [1.82, 2.24) is 19.3 Å². The van der Waals surface area contributed by atoms with Crippen LogP contribution in [-0.2, 0) is 0 Å². The van der Waals surface area contributed by atoms with Crippen molar-refractivity contribution in [2.24, 2.45) is 0 Å². The fourth-order valence-corrected chi connectivity index (χ4v) is 2.02. The first-order chi connectivity index (χ1) is 8.16. The molecule has 2 aromatic heterocycles. The van der Waals surface area contributed by atoms with Crippen LogP contribution >= 0.6 is 15.9 Å². The summed E-state index contributed by atoms with van der Waals surface area (Å²) in [6.45, 7) is 1.95. The second kappa shape index (κ2) is 5.46. The van der Waals surface area contributed by atoms with Gasteiger partial charge < -0.3 is 14.6 Å². The van der Waals surface area contributed by atoms with Gasteiger partial charge in [0.2, 0.25) is 0 Å². The van der Waals surface area contributed by atoms with Crippen molar-refractivity contribution in [3.63, 3.8) is 0 Å². The van der Waals surface area contributed by atoms with Gasteiger partial charge in [-0.1, -0.05) is 0 Å². The Hall–Kier alpha value is -1.14. The van der Waals surface area contributed by atoms with Crippen LogP contribution in [0.2, 0.25) is 0 Å². The normalized spacial score (nSPS) is 11.3. The third-order valence-corrected chi connectivity index (χ3v) is 2.80. The van der Waals surface area contributed by atoms with Crippen LogP contribution in [0.4, 0.5) is 5.82 Å². The van der Waals surface area contributed by atoms with E-state index in [0.717, 1.165) is 35.6 Å². The maximum absolute atomic E-state index is 4.40. The van der Waals surface area contributed by atoms with Crippen molar-refractivity contribution in [2.45, 2.75) is 6.42 Å². The van der Waals surface area contributed by atoms with E-state index in [1.807, 2.05) is 16.8 Å². The summed E-state index contributed by atoms with van der Waals surface area (Å²) in [5.74, 6) is 0.822. The van der Waals surface area contributed by atoms with Gasteiger partial charge in [0.1, 0.15) is 4.60 Å². The van der Waals surface area contributed by atoms with E-state index in [0.29, 0.717) is 0 Å². The maximum Gasteiger partial charge on any atom is 0.180 e. The Morgan fingerprint density at radius 3 is 3.06 bits per heavy atom. The molecule has 0 spiro atoms. The Kier molecular flexibility index (Phi) is 3.96. The number of nitrogens with zero attached hydrogens (tertiary/aromatic N) is 4. The molecular weight excluding hydrogens is 282 g/mol. The maximum atomic E-state index is 4.40. The van der Waals surface area contributed by atoms with Gasteiger partial charge in [0, 0.05) is 25.1 Å². The first-order valence-corrected chi connectivity index (χ1v) is 6.34. The Morgan fingerprint density at radius 1 is 1.47 bits per heavy atom. The van der Waals surface area contributed by atoms with Crippen LogP contribution in [0, 0.1) is 0 Å². The number of aromatic nitrogens is 3. The smallest absolute Gasteiger partial charge is 0.180 e. The Bertz CT molecular complexity index is 494. The fourth-order valence-electron chi connectivity index (χ4n) is 1.62. The predicted octanol–water partition coefficient (Wildman–Crippen LogP) is 1.86. The van der Waals surface area contributed by atoms with Crippen molar-refractivity contribution >= 4 is 27.4 Å². The van der Waals surface area contributed by atoms with Crippen LogP contribution in [-0.4, -0.2) is 46.5 Å². The Morgan fingerprint density at radius 2 is 2.29 bits per heavy atom. The number of imidazole rings is 1. The number of nitrogens with one attached hydrogen (secondary N) is 1. The Labute approximate surface area is 109 Å². The van der Waals surface area contributed by atoms with Gasteiger partial charge in [-0.25, -0.2) is 9.97 Å². The lowest BCUT2D eigenvalue weighted by atomic mass is 10.4. The molecule has 2 aromatic rings. The van der Waals surface area contributed by atoms with Gasteiger partial charge >= 0.3 is 0 Å². The molecule has 2 heterocycles. The number of hydrogen-bond donors (Lipinski definition) is 1. The Balaban J connectivity index is 2.04. The average molecular weight is 298 g/mol. The molecule has 2 rings (SSSR count). The van der Waals surface area contributed by atoms with Crippen LogP contribution in [0.5, 0.6) is 0 Å². The third kappa shape index (κ3) is 3.17. The summed E-state index contributed by atoms with van der Waals surface area (Å²) in [7, 11) is 4.15. The zero-order chi connectivity index (χ0) is 12.3. The molecule has 0 fully saturated rings. The van der Waals surface area contributed by atoms with E-state index in [1.165, 1.54) is 0 Å². The summed E-state index contributed by atoms with van der Waals surface area (Å²) >= 11 is 3.39. The van der Waals surface area contributed by atoms with Crippen molar-refractivity contribution in [3.8, 4) is 0 Å². The highest BCUT2D eigenvalue weighted by molar-refractivity contribution is 9.10. The monoisotopic (exact) mass is 297 g/mol. The van der Waals surface area contributed by atoms with Gasteiger partial charge in [-0.05, 0) is 43.0 Å². The number of fused-ring (bicyclic) bond motifs is 1. The lowest BCUT2D eigenvalue weighted by molar-refractivity contribution is 0.405. The van der Waals surface area contributed by atoms with Crippen LogP contribution in [0.3, 0.4) is 0 Å². The molecule has 92 valence electrons. The second-order valence-electron chi connectivity index (χ2n) is 4.15. The summed E-state index contributed by atoms with van der Waals surface area (Å²) in [5.41, 5.74) is 0.859. The van der Waals surface area contributed by atoms with Crippen molar-refractivity contribution in [3.05, 3.63) is 23.2 Å². The second-order valence-corrected chi connectivity index (χ2v) is 4.97. The van der Waals surface area contributed by atoms with Gasteiger partial charge in [0.25, 0.3) is 0 Å². The number of anilines is 1. The molecule has 0 aliphatic carbocycles. The zero-order valence-corrected chi connectivity index (χ0v) is 11.6. The highest BCUT2D eigenvalue weighted by Gasteiger charge is 2.05. The molecule has 5 nitrogen and oxygen atoms in total. The van der Waals surface area contributed by atoms with E-state index in [9.17, 15) is 0 Å². The SMILES string of the molecule is CN(C)CCCNc1nc(Br)cn2ccnc12. The first-order valence-electron chi connectivity index (χ1n) is 5.54. The standard InChI is InChI=1S/C11H16BrN5/c1-16(2)6-3-4-13-10-11-14-5-7-17(11)8-9(12)15-10/h5,7-8H,3-4,6H2,1-2H3,(H,13,15). The minimum Gasteiger partial charge on any atom is -0.367 e. The summed E-state index contributed by atoms with van der Waals surface area (Å²) in [4.78, 5) is 10.8. The molecule has 0 saturated heterocycles. The molecule has 0 aromatic carbocycles. The van der Waals surface area contributed by atoms with E-state index < -0.39 is 0 Å². The fraction of sp³-hybridized carbons (Fsp3) is 0.455. The van der Waals surface area contributed by atoms with Gasteiger partial charge in [-0.15, -0.1) is 0 Å². The molecule has 0 bridgehead atoms. The summed E-state index contributed by atoms with van der Waals surface area (Å²) in [5, 5.41) is 3.32. The van der Waals surface area contributed by atoms with Crippen LogP contribution in [0.15, 0.2) is 23.2 Å². The summed E-state index contributed by atoms with van der Waals surface area (Å²) < 4.78 is 2.75. The number of hydrogen-bond acceptors (Lipinski definition) is 4. The van der Waals surface area contributed by atoms with E-state index in [2.05, 4.69) is 50.2 Å². The third-order valence-electron chi connectivity index (χ3n) is 2.42. The topological polar surface area (TPSA) is 45.5 Å². The van der Waals surface area contributed by atoms with Crippen LogP contribution in [0.25, 0.3) is 5.65 Å². The largest absolute Gasteiger partial charge is 0.367 e. The zero-order valence-electron chi connectivity index (χ0n) is 10.0. The van der Waals surface area contributed by atoms with Crippen molar-refractivity contribution < 1.29 is 0 Å². The summed E-state index contributed by atoms with van der Waals surface area (Å²) in [6, 6.07) is 0. The molecule has 0 amide bonds. The molecule has 6 heteroatoms. The number of halogens is 1. The van der Waals surface area contributed by atoms with E-state index in [1.54, 1.807) is 6.20 Å². The highest BCUT2D eigenvalue weighted by atomic mass is 79.9. The lowest BCUT2D eigenvalue weighted by Gasteiger charge is -2.10. The van der Waals surface area contributed by atoms with Crippen LogP contribution < -0.4 is 5.32 Å². The molecule has 17 heavy (non-hydrogen) atoms. The average Bonchev–Trinajstić information content (AvgIpc) is 2.71. The van der Waals surface area contributed by atoms with Gasteiger partial charge in [0.15, 0.2) is 11.5 Å². The van der Waals surface area contributed by atoms with E-state index >= 15 is 0 Å². The molecule has 0 saturated carbocycles. The van der Waals surface area contributed by atoms with Crippen LogP contribution in [0.1, 0.15) is 6.42 Å². The highest BCUT2D eigenvalue weighted by Crippen LogP contribution is 2.16. The van der Waals surface area contributed by atoms with Gasteiger partial charge in [0.05, 0.1) is 0 Å². The van der Waals surface area contributed by atoms with Crippen molar-refractivity contribution in [1.29, 1.82) is 0 Å². The van der Waals surface area contributed by atoms with Gasteiger partial charge in [-0.3, -0.25) is 0 Å². The summed E-state index contributed by atoms with van der Waals surface area (Å²) in [6.07, 6.45) is 6.66. The lowest BCUT2D eigenvalue weighted by Crippen LogP contribution is -2.17. The minimum atomic E-state index is 0.804. The quantitative estimate of drug-likeness (QED) is 0.856. The van der Waals surface area contributed by atoms with E-state index in [4.69, 9.17) is 0 Å². The molecule has 0 radical (unpaired) electrons. The van der Waals surface area contributed by atoms with Gasteiger partial charge in [-0.2, -0.15) is 0 Å². The molecule has 0 aliphatic heterocycles. The molecular formula is C11H16BrN5. The predicted molar refractivity (Wildman–Crippen MR) is 72.3 cm³/mol. The van der Waals surface area contributed by atoms with E-state index in [-0.39, 0.29) is 0 Å². The molecule has 1 N–H and O–H groups in total. The molecule has 0 aliphatic rings. The molecule has 0 unspecified atom stereocenters. The number of rotatable bonds is 5.